The molecule has 0 aliphatic carbocycles. The summed E-state index contributed by atoms with van der Waals surface area (Å²) in [6.45, 7) is 11.0. The van der Waals surface area contributed by atoms with Crippen molar-refractivity contribution < 1.29 is 27.6 Å². The topological polar surface area (TPSA) is 270 Å². The van der Waals surface area contributed by atoms with Crippen molar-refractivity contribution in [3.05, 3.63) is 34.9 Å². The molecule has 2 fully saturated rings. The molecule has 4 aromatic heterocycles. The molecule has 2 aliphatic rings. The molecule has 0 bridgehead atoms. The monoisotopic (exact) mass is 836 g/mol. The summed E-state index contributed by atoms with van der Waals surface area (Å²) in [4.78, 5) is 62.9. The molecular weight excluding hydrogens is 781 g/mol. The number of anilines is 2. The van der Waals surface area contributed by atoms with Gasteiger partial charge in [0.25, 0.3) is 0 Å². The number of nitrogens with one attached hydrogen (secondary N) is 4. The van der Waals surface area contributed by atoms with Crippen molar-refractivity contribution >= 4 is 67.2 Å². The molecule has 0 unspecified atom stereocenters. The van der Waals surface area contributed by atoms with E-state index in [1.165, 1.54) is 0 Å². The van der Waals surface area contributed by atoms with Gasteiger partial charge in [0.2, 0.25) is 11.8 Å². The van der Waals surface area contributed by atoms with Gasteiger partial charge in [0, 0.05) is 87.0 Å². The zero-order valence-electron chi connectivity index (χ0n) is 34.2. The number of nitrogens with zero attached hydrogens (tertiary/aromatic N) is 8. The molecule has 0 spiro atoms. The second kappa shape index (κ2) is 18.5. The van der Waals surface area contributed by atoms with Crippen LogP contribution in [0.4, 0.5) is 21.0 Å². The number of rotatable bonds is 16. The third-order valence-corrected chi connectivity index (χ3v) is 12.6. The van der Waals surface area contributed by atoms with Crippen molar-refractivity contribution in [3.8, 4) is 0 Å². The van der Waals surface area contributed by atoms with E-state index in [9.17, 15) is 27.6 Å². The van der Waals surface area contributed by atoms with Crippen molar-refractivity contribution in [2.75, 3.05) is 48.3 Å². The highest BCUT2D eigenvalue weighted by atomic mass is 32.2. The SMILES string of the molecule is CCc1nc2c(cnn2CC)c(NC2CCN(C(N)=O)CC2)c1CNC(=O)CS(=O)(=O)CC(=O)NCc1c(CC)nc2c(cnn2CC)c1NC1CCN(C(N)=O)CC1. The van der Waals surface area contributed by atoms with E-state index >= 15 is 0 Å². The molecule has 59 heavy (non-hydrogen) atoms. The van der Waals surface area contributed by atoms with Gasteiger partial charge in [0.05, 0.1) is 34.5 Å². The third kappa shape index (κ3) is 9.77. The zero-order chi connectivity index (χ0) is 42.4. The van der Waals surface area contributed by atoms with Crippen LogP contribution in [-0.2, 0) is 58.4 Å². The standard InChI is InChI=1S/C38H56N14O6S/c1-5-29-25(33(27-19-43-51(7-3)35(27)47-29)45-23-9-13-49(14-10-23)37(39)55)17-41-31(53)21-59(57,58)22-32(54)42-18-26-30(6-2)48-36-28(20-44-52(36)8-4)34(26)46-24-11-15-50(16-12-24)38(40)56/h19-20,23-24H,5-18,21-22H2,1-4H3,(H2,39,55)(H2,40,56)(H,41,53)(H,42,54)(H,45,47)(H,46,48). The first-order chi connectivity index (χ1) is 28.2. The summed E-state index contributed by atoms with van der Waals surface area (Å²) < 4.78 is 30.2. The smallest absolute Gasteiger partial charge is 0.314 e. The first kappa shape index (κ1) is 42.9. The Morgan fingerprint density at radius 3 is 1.36 bits per heavy atom. The highest BCUT2D eigenvalue weighted by Crippen LogP contribution is 2.33. The average molecular weight is 837 g/mol. The Balaban J connectivity index is 1.13. The predicted octanol–water partition coefficient (Wildman–Crippen LogP) is 1.60. The molecule has 0 atom stereocenters. The summed E-state index contributed by atoms with van der Waals surface area (Å²) in [6, 6.07) is -0.898. The molecule has 0 aromatic carbocycles. The van der Waals surface area contributed by atoms with Crippen LogP contribution in [0, 0.1) is 0 Å². The van der Waals surface area contributed by atoms with Gasteiger partial charge in [-0.1, -0.05) is 13.8 Å². The lowest BCUT2D eigenvalue weighted by Crippen LogP contribution is -2.45. The minimum absolute atomic E-state index is 0.00630. The third-order valence-electron chi connectivity index (χ3n) is 11.1. The molecular formula is C38H56N14O6S. The quantitative estimate of drug-likeness (QED) is 0.0940. The Morgan fingerprint density at radius 2 is 1.03 bits per heavy atom. The number of hydrogen-bond donors (Lipinski definition) is 6. The van der Waals surface area contributed by atoms with Crippen LogP contribution < -0.4 is 32.7 Å². The molecule has 8 N–H and O–H groups in total. The zero-order valence-corrected chi connectivity index (χ0v) is 35.0. The van der Waals surface area contributed by atoms with Gasteiger partial charge in [0.1, 0.15) is 11.5 Å². The summed E-state index contributed by atoms with van der Waals surface area (Å²) >= 11 is 0. The van der Waals surface area contributed by atoms with Gasteiger partial charge in [-0.05, 0) is 52.4 Å². The Hall–Kier alpha value is -5.73. The maximum Gasteiger partial charge on any atom is 0.314 e. The van der Waals surface area contributed by atoms with Gasteiger partial charge in [-0.2, -0.15) is 10.2 Å². The van der Waals surface area contributed by atoms with Crippen LogP contribution in [-0.4, -0.2) is 121 Å². The van der Waals surface area contributed by atoms with E-state index in [1.807, 2.05) is 27.7 Å². The minimum Gasteiger partial charge on any atom is -0.381 e. The summed E-state index contributed by atoms with van der Waals surface area (Å²) in [5, 5.41) is 23.3. The molecule has 4 aromatic rings. The first-order valence-electron chi connectivity index (χ1n) is 20.4. The Bertz CT molecular complexity index is 2160. The van der Waals surface area contributed by atoms with Crippen molar-refractivity contribution in [3.63, 3.8) is 0 Å². The average Bonchev–Trinajstić information content (AvgIpc) is 3.83. The van der Waals surface area contributed by atoms with Crippen molar-refractivity contribution in [2.24, 2.45) is 11.5 Å². The van der Waals surface area contributed by atoms with E-state index < -0.39 is 45.2 Å². The maximum absolute atomic E-state index is 13.3. The second-order valence-corrected chi connectivity index (χ2v) is 17.1. The summed E-state index contributed by atoms with van der Waals surface area (Å²) in [7, 11) is -4.18. The van der Waals surface area contributed by atoms with Gasteiger partial charge < -0.3 is 42.5 Å². The minimum atomic E-state index is -4.18. The van der Waals surface area contributed by atoms with Crippen LogP contribution in [0.1, 0.15) is 75.9 Å². The Kier molecular flexibility index (Phi) is 13.4. The molecule has 2 saturated heterocycles. The molecule has 20 nitrogen and oxygen atoms in total. The Labute approximate surface area is 343 Å². The number of amides is 6. The predicted molar refractivity (Wildman–Crippen MR) is 223 cm³/mol. The van der Waals surface area contributed by atoms with Crippen LogP contribution >= 0.6 is 0 Å². The number of likely N-dealkylation sites (tertiary alicyclic amines) is 2. The van der Waals surface area contributed by atoms with E-state index in [0.29, 0.717) is 100 Å². The lowest BCUT2D eigenvalue weighted by molar-refractivity contribution is -0.119. The number of hydrogen-bond acceptors (Lipinski definition) is 12. The number of pyridine rings is 2. The highest BCUT2D eigenvalue weighted by molar-refractivity contribution is 7.92. The molecule has 0 saturated carbocycles. The largest absolute Gasteiger partial charge is 0.381 e. The maximum atomic E-state index is 13.3. The van der Waals surface area contributed by atoms with E-state index in [4.69, 9.17) is 21.4 Å². The number of urea groups is 2. The number of aromatic nitrogens is 6. The van der Waals surface area contributed by atoms with Crippen molar-refractivity contribution in [1.82, 2.24) is 50.0 Å². The van der Waals surface area contributed by atoms with E-state index in [0.717, 1.165) is 33.5 Å². The fourth-order valence-electron chi connectivity index (χ4n) is 7.93. The Morgan fingerprint density at radius 1 is 0.661 bits per heavy atom. The van der Waals surface area contributed by atoms with Crippen LogP contribution in [0.3, 0.4) is 0 Å². The lowest BCUT2D eigenvalue weighted by Gasteiger charge is -2.32. The molecule has 21 heteroatoms. The second-order valence-electron chi connectivity index (χ2n) is 15.0. The van der Waals surface area contributed by atoms with Gasteiger partial charge in [0.15, 0.2) is 21.1 Å². The van der Waals surface area contributed by atoms with Gasteiger partial charge in [-0.3, -0.25) is 9.59 Å². The molecule has 6 rings (SSSR count). The summed E-state index contributed by atoms with van der Waals surface area (Å²) in [5.74, 6) is -3.29. The van der Waals surface area contributed by atoms with Crippen LogP contribution in [0.15, 0.2) is 12.4 Å². The highest BCUT2D eigenvalue weighted by Gasteiger charge is 2.28. The van der Waals surface area contributed by atoms with Crippen molar-refractivity contribution in [1.29, 1.82) is 0 Å². The number of piperidine rings is 2. The van der Waals surface area contributed by atoms with E-state index in [-0.39, 0.29) is 25.2 Å². The fraction of sp³-hybridized carbons (Fsp3) is 0.579. The van der Waals surface area contributed by atoms with E-state index in [2.05, 4.69) is 31.5 Å². The number of fused-ring (bicyclic) bond motifs is 2. The molecule has 320 valence electrons. The normalized spacial score (nSPS) is 15.5. The van der Waals surface area contributed by atoms with Gasteiger partial charge in [-0.15, -0.1) is 0 Å². The number of aryl methyl sites for hydroxylation is 4. The number of sulfone groups is 1. The molecule has 0 radical (unpaired) electrons. The summed E-state index contributed by atoms with van der Waals surface area (Å²) in [6.07, 6.45) is 7.17. The van der Waals surface area contributed by atoms with Crippen LogP contribution in [0.25, 0.3) is 22.1 Å². The van der Waals surface area contributed by atoms with Crippen molar-refractivity contribution in [2.45, 2.75) is 104 Å². The lowest BCUT2D eigenvalue weighted by atomic mass is 10.0. The summed E-state index contributed by atoms with van der Waals surface area (Å²) in [5.41, 5.74) is 16.7. The van der Waals surface area contributed by atoms with E-state index in [1.54, 1.807) is 31.6 Å². The number of carbonyl (C=O) groups is 4. The molecule has 6 amide bonds. The van der Waals surface area contributed by atoms with Crippen LogP contribution in [0.5, 0.6) is 0 Å². The van der Waals surface area contributed by atoms with Crippen LogP contribution in [0.2, 0.25) is 0 Å². The number of carbonyl (C=O) groups excluding carboxylic acids is 4. The first-order valence-corrected chi connectivity index (χ1v) is 22.2. The fourth-order valence-corrected chi connectivity index (χ4v) is 9.04. The molecule has 6 heterocycles. The molecule has 2 aliphatic heterocycles. The van der Waals surface area contributed by atoms with Gasteiger partial charge in [-0.25, -0.2) is 37.3 Å². The number of primary amides is 2. The number of nitrogens with two attached hydrogens (primary N) is 2. The van der Waals surface area contributed by atoms with Gasteiger partial charge >= 0.3 is 12.1 Å².